The maximum atomic E-state index is 12.4. The van der Waals surface area contributed by atoms with Gasteiger partial charge in [-0.1, -0.05) is 61.5 Å². The third-order valence-corrected chi connectivity index (χ3v) is 5.31. The average Bonchev–Trinajstić information content (AvgIpc) is 2.79. The predicted molar refractivity (Wildman–Crippen MR) is 120 cm³/mol. The van der Waals surface area contributed by atoms with Gasteiger partial charge in [-0.05, 0) is 36.5 Å². The van der Waals surface area contributed by atoms with E-state index in [1.54, 1.807) is 26.0 Å². The van der Waals surface area contributed by atoms with E-state index in [9.17, 15) is 34.8 Å². The molecule has 34 heavy (non-hydrogen) atoms. The lowest BCUT2D eigenvalue weighted by Gasteiger charge is -2.32. The van der Waals surface area contributed by atoms with Gasteiger partial charge in [0.2, 0.25) is 0 Å². The number of ether oxygens (including phenoxy) is 1. The molecule has 2 aromatic carbocycles. The zero-order valence-corrected chi connectivity index (χ0v) is 18.8. The molecule has 0 heterocycles. The molecule has 0 saturated carbocycles. The van der Waals surface area contributed by atoms with Crippen LogP contribution in [0.3, 0.4) is 0 Å². The minimum Gasteiger partial charge on any atom is -0.477 e. The molecule has 0 aromatic heterocycles. The van der Waals surface area contributed by atoms with Gasteiger partial charge in [-0.25, -0.2) is 4.79 Å². The van der Waals surface area contributed by atoms with E-state index in [-0.39, 0.29) is 19.4 Å². The number of amides is 1. The SMILES string of the molecule is CCOC(=O)C(C)C[C@H](Cc1ccc(-c2ccccc2)cc1)NC(=O)C(O)(O)C(O)(O)C(=O)O. The van der Waals surface area contributed by atoms with Crippen molar-refractivity contribution in [1.29, 1.82) is 0 Å². The monoisotopic (exact) mass is 475 g/mol. The van der Waals surface area contributed by atoms with Gasteiger partial charge < -0.3 is 35.6 Å². The number of hydrogen-bond acceptors (Lipinski definition) is 8. The molecule has 184 valence electrons. The molecule has 0 aliphatic carbocycles. The Hall–Kier alpha value is -3.31. The Balaban J connectivity index is 2.24. The normalized spacial score (nSPS) is 13.6. The molecule has 1 amide bonds. The van der Waals surface area contributed by atoms with Crippen LogP contribution in [0.4, 0.5) is 0 Å². The van der Waals surface area contributed by atoms with Gasteiger partial charge in [-0.15, -0.1) is 0 Å². The Labute approximate surface area is 196 Å². The Kier molecular flexibility index (Phi) is 8.88. The standard InChI is InChI=1S/C24H29NO9/c1-3-34-20(26)15(2)13-19(25-21(27)23(30,31)24(32,33)22(28)29)14-16-9-11-18(12-10-16)17-7-5-4-6-8-17/h4-12,15,19,30-33H,3,13-14H2,1-2H3,(H,25,27)(H,28,29)/t15?,19-/m1/s1. The molecule has 0 radical (unpaired) electrons. The van der Waals surface area contributed by atoms with Crippen molar-refractivity contribution in [2.45, 2.75) is 44.3 Å². The van der Waals surface area contributed by atoms with Gasteiger partial charge in [-0.3, -0.25) is 9.59 Å². The molecule has 1 unspecified atom stereocenters. The molecule has 2 rings (SSSR count). The topological polar surface area (TPSA) is 174 Å². The van der Waals surface area contributed by atoms with Gasteiger partial charge in [0.15, 0.2) is 0 Å². The lowest BCUT2D eigenvalue weighted by Crippen LogP contribution is -2.67. The zero-order valence-electron chi connectivity index (χ0n) is 18.8. The smallest absolute Gasteiger partial charge is 0.370 e. The molecule has 0 fully saturated rings. The summed E-state index contributed by atoms with van der Waals surface area (Å²) in [6.07, 6.45) is 0.121. The fourth-order valence-corrected chi connectivity index (χ4v) is 3.34. The van der Waals surface area contributed by atoms with Crippen molar-refractivity contribution >= 4 is 17.8 Å². The van der Waals surface area contributed by atoms with Crippen molar-refractivity contribution in [3.05, 3.63) is 60.2 Å². The molecule has 0 bridgehead atoms. The van der Waals surface area contributed by atoms with E-state index in [2.05, 4.69) is 5.32 Å². The van der Waals surface area contributed by atoms with Gasteiger partial charge in [0.1, 0.15) is 0 Å². The number of carbonyl (C=O) groups is 3. The number of carboxylic acid groups (broad SMARTS) is 1. The van der Waals surface area contributed by atoms with E-state index >= 15 is 0 Å². The van der Waals surface area contributed by atoms with Crippen LogP contribution in [-0.4, -0.2) is 67.6 Å². The maximum Gasteiger partial charge on any atom is 0.370 e. The second-order valence-corrected chi connectivity index (χ2v) is 7.98. The lowest BCUT2D eigenvalue weighted by atomic mass is 9.94. The third-order valence-electron chi connectivity index (χ3n) is 5.31. The number of nitrogens with one attached hydrogen (secondary N) is 1. The Morgan fingerprint density at radius 3 is 2.00 bits per heavy atom. The first kappa shape index (κ1) is 26.9. The fourth-order valence-electron chi connectivity index (χ4n) is 3.34. The highest BCUT2D eigenvalue weighted by Crippen LogP contribution is 2.22. The van der Waals surface area contributed by atoms with Crippen molar-refractivity contribution in [3.63, 3.8) is 0 Å². The molecule has 0 spiro atoms. The quantitative estimate of drug-likeness (QED) is 0.199. The highest BCUT2D eigenvalue weighted by Gasteiger charge is 2.59. The molecule has 10 heteroatoms. The minimum absolute atomic E-state index is 0.00197. The van der Waals surface area contributed by atoms with Crippen LogP contribution < -0.4 is 5.32 Å². The summed E-state index contributed by atoms with van der Waals surface area (Å²) in [5.74, 6) is -13.6. The zero-order chi connectivity index (χ0) is 25.5. The first-order valence-electron chi connectivity index (χ1n) is 10.6. The summed E-state index contributed by atoms with van der Waals surface area (Å²) in [4.78, 5) is 35.5. The highest BCUT2D eigenvalue weighted by molar-refractivity contribution is 5.91. The number of hydrogen-bond donors (Lipinski definition) is 6. The number of esters is 1. The number of aliphatic hydroxyl groups is 4. The summed E-state index contributed by atoms with van der Waals surface area (Å²) in [6.45, 7) is 3.34. The summed E-state index contributed by atoms with van der Waals surface area (Å²) >= 11 is 0. The molecule has 0 aliphatic rings. The molecule has 10 nitrogen and oxygen atoms in total. The second kappa shape index (κ2) is 11.2. The molecule has 6 N–H and O–H groups in total. The van der Waals surface area contributed by atoms with Crippen molar-refractivity contribution in [2.75, 3.05) is 6.61 Å². The van der Waals surface area contributed by atoms with Gasteiger partial charge >= 0.3 is 23.5 Å². The van der Waals surface area contributed by atoms with Gasteiger partial charge in [0, 0.05) is 6.04 Å². The highest BCUT2D eigenvalue weighted by atomic mass is 16.6. The van der Waals surface area contributed by atoms with Gasteiger partial charge in [0.05, 0.1) is 12.5 Å². The molecule has 0 aliphatic heterocycles. The number of aliphatic carboxylic acids is 1. The van der Waals surface area contributed by atoms with Crippen LogP contribution in [0.25, 0.3) is 11.1 Å². The van der Waals surface area contributed by atoms with Crippen LogP contribution in [0.15, 0.2) is 54.6 Å². The Morgan fingerprint density at radius 1 is 0.912 bits per heavy atom. The predicted octanol–water partition coefficient (Wildman–Crippen LogP) is 0.417. The minimum atomic E-state index is -4.16. The Morgan fingerprint density at radius 2 is 1.47 bits per heavy atom. The molecule has 2 atom stereocenters. The summed E-state index contributed by atoms with van der Waals surface area (Å²) in [7, 11) is 0. The van der Waals surface area contributed by atoms with E-state index in [1.165, 1.54) is 0 Å². The van der Waals surface area contributed by atoms with Crippen LogP contribution in [0.2, 0.25) is 0 Å². The third kappa shape index (κ3) is 6.39. The van der Waals surface area contributed by atoms with Crippen molar-refractivity contribution in [3.8, 4) is 11.1 Å². The van der Waals surface area contributed by atoms with Gasteiger partial charge in [0.25, 0.3) is 5.91 Å². The van der Waals surface area contributed by atoms with Crippen LogP contribution in [-0.2, 0) is 25.5 Å². The van der Waals surface area contributed by atoms with Crippen molar-refractivity contribution in [1.82, 2.24) is 5.32 Å². The largest absolute Gasteiger partial charge is 0.477 e. The first-order chi connectivity index (χ1) is 15.9. The molecular formula is C24H29NO9. The fraction of sp³-hybridized carbons (Fsp3) is 0.375. The average molecular weight is 475 g/mol. The van der Waals surface area contributed by atoms with Crippen LogP contribution in [0.1, 0.15) is 25.8 Å². The van der Waals surface area contributed by atoms with Crippen LogP contribution in [0.5, 0.6) is 0 Å². The number of carbonyl (C=O) groups excluding carboxylic acids is 2. The lowest BCUT2D eigenvalue weighted by molar-refractivity contribution is -0.327. The first-order valence-corrected chi connectivity index (χ1v) is 10.6. The maximum absolute atomic E-state index is 12.4. The van der Waals surface area contributed by atoms with E-state index in [0.717, 1.165) is 16.7 Å². The van der Waals surface area contributed by atoms with Crippen LogP contribution in [0, 0.1) is 5.92 Å². The van der Waals surface area contributed by atoms with E-state index in [1.807, 2.05) is 42.5 Å². The number of carboxylic acids is 1. The van der Waals surface area contributed by atoms with Crippen molar-refractivity contribution < 1.29 is 44.7 Å². The van der Waals surface area contributed by atoms with Crippen molar-refractivity contribution in [2.24, 2.45) is 5.92 Å². The summed E-state index contributed by atoms with van der Waals surface area (Å²) in [6, 6.07) is 16.0. The van der Waals surface area contributed by atoms with E-state index < -0.39 is 41.4 Å². The number of benzene rings is 2. The van der Waals surface area contributed by atoms with E-state index in [0.29, 0.717) is 0 Å². The second-order valence-electron chi connectivity index (χ2n) is 7.98. The molecule has 0 saturated heterocycles. The Bertz CT molecular complexity index is 987. The molecule has 2 aromatic rings. The molecular weight excluding hydrogens is 446 g/mol. The van der Waals surface area contributed by atoms with Gasteiger partial charge in [-0.2, -0.15) is 0 Å². The van der Waals surface area contributed by atoms with Crippen LogP contribution >= 0.6 is 0 Å². The number of rotatable bonds is 11. The summed E-state index contributed by atoms with van der Waals surface area (Å²) in [5, 5.41) is 49.7. The summed E-state index contributed by atoms with van der Waals surface area (Å²) < 4.78 is 4.97. The summed E-state index contributed by atoms with van der Waals surface area (Å²) in [5.41, 5.74) is 2.66. The van der Waals surface area contributed by atoms with E-state index in [4.69, 9.17) is 9.84 Å².